The minimum Gasteiger partial charge on any atom is -0.375 e. The maximum atomic E-state index is 6.00. The van der Waals surface area contributed by atoms with E-state index in [-0.39, 0.29) is 26.7 Å². The summed E-state index contributed by atoms with van der Waals surface area (Å²) in [4.78, 5) is 0. The molecule has 0 amide bonds. The Labute approximate surface area is 133 Å². The number of allylic oxidation sites excluding steroid dienone is 4. The van der Waals surface area contributed by atoms with Gasteiger partial charge in [0.2, 0.25) is 0 Å². The van der Waals surface area contributed by atoms with Crippen LogP contribution in [-0.2, 0) is 25.8 Å². The van der Waals surface area contributed by atoms with E-state index in [4.69, 9.17) is 4.74 Å². The zero-order valence-corrected chi connectivity index (χ0v) is 16.1. The van der Waals surface area contributed by atoms with Crippen molar-refractivity contribution in [3.8, 4) is 0 Å². The minimum absolute atomic E-state index is 0. The summed E-state index contributed by atoms with van der Waals surface area (Å²) in [6.07, 6.45) is 9.93. The molecule has 0 saturated carbocycles. The second-order valence-electron chi connectivity index (χ2n) is 5.02. The van der Waals surface area contributed by atoms with E-state index in [1.165, 1.54) is 16.7 Å². The van der Waals surface area contributed by atoms with Crippen molar-refractivity contribution in [2.45, 2.75) is 53.6 Å². The van der Waals surface area contributed by atoms with E-state index in [0.717, 1.165) is 13.0 Å². The molecule has 0 spiro atoms. The monoisotopic (exact) mass is 431 g/mol. The van der Waals surface area contributed by atoms with Gasteiger partial charge in [-0.15, -0.1) is 0 Å². The molecule has 0 heterocycles. The van der Waals surface area contributed by atoms with E-state index < -0.39 is 0 Å². The van der Waals surface area contributed by atoms with E-state index in [1.54, 1.807) is 0 Å². The third kappa shape index (κ3) is 4.16. The van der Waals surface area contributed by atoms with Gasteiger partial charge in [-0.25, -0.2) is 0 Å². The maximum Gasteiger partial charge on any atom is 0.0757 e. The van der Waals surface area contributed by atoms with Crippen molar-refractivity contribution >= 4 is 0 Å². The Kier molecular flexibility index (Phi) is 8.16. The smallest absolute Gasteiger partial charge is 0.0757 e. The number of rotatable bonds is 2. The van der Waals surface area contributed by atoms with Gasteiger partial charge in [0, 0.05) is 46.4 Å². The molecular formula is C17H27OW. The molecule has 2 aliphatic rings. The summed E-state index contributed by atoms with van der Waals surface area (Å²) in [7, 11) is 0. The maximum absolute atomic E-state index is 6.00. The van der Waals surface area contributed by atoms with Crippen molar-refractivity contribution in [1.82, 2.24) is 0 Å². The van der Waals surface area contributed by atoms with Crippen LogP contribution in [0.5, 0.6) is 0 Å². The van der Waals surface area contributed by atoms with E-state index in [2.05, 4.69) is 52.3 Å². The minimum atomic E-state index is -0.0437. The molecule has 2 rings (SSSR count). The van der Waals surface area contributed by atoms with Crippen LogP contribution in [-0.4, -0.2) is 12.2 Å². The molecule has 107 valence electrons. The van der Waals surface area contributed by atoms with Gasteiger partial charge in [0.05, 0.1) is 5.60 Å². The average molecular weight is 431 g/mol. The first-order valence-electron chi connectivity index (χ1n) is 7.13. The first-order chi connectivity index (χ1) is 8.57. The molecule has 0 aliphatic heterocycles. The summed E-state index contributed by atoms with van der Waals surface area (Å²) in [6.45, 7) is 13.5. The SMILES string of the molecule is CC.CCOC1(C)CC2=C(C)C=C[CH]C(=C2)C1C.[W]. The molecule has 0 aromatic carbocycles. The Morgan fingerprint density at radius 3 is 2.58 bits per heavy atom. The molecule has 1 radical (unpaired) electrons. The molecular weight excluding hydrogens is 404 g/mol. The van der Waals surface area contributed by atoms with E-state index in [1.807, 2.05) is 13.8 Å². The molecule has 19 heavy (non-hydrogen) atoms. The first kappa shape index (κ1) is 18.9. The van der Waals surface area contributed by atoms with Crippen LogP contribution < -0.4 is 0 Å². The van der Waals surface area contributed by atoms with Crippen LogP contribution in [0.25, 0.3) is 0 Å². The van der Waals surface area contributed by atoms with E-state index in [9.17, 15) is 0 Å². The Hall–Kier alpha value is -0.132. The molecule has 1 nitrogen and oxygen atoms in total. The normalized spacial score (nSPS) is 28.7. The zero-order valence-electron chi connectivity index (χ0n) is 13.1. The second kappa shape index (κ2) is 8.22. The van der Waals surface area contributed by atoms with Crippen LogP contribution in [0.3, 0.4) is 0 Å². The first-order valence-corrected chi connectivity index (χ1v) is 7.13. The molecule has 0 fully saturated rings. The van der Waals surface area contributed by atoms with Gasteiger partial charge in [-0.05, 0) is 31.9 Å². The quantitative estimate of drug-likeness (QED) is 0.607. The average Bonchev–Trinajstić information content (AvgIpc) is 2.51. The molecule has 2 heteroatoms. The van der Waals surface area contributed by atoms with Gasteiger partial charge in [-0.3, -0.25) is 0 Å². The van der Waals surface area contributed by atoms with Gasteiger partial charge in [0.1, 0.15) is 0 Å². The Morgan fingerprint density at radius 1 is 1.37 bits per heavy atom. The van der Waals surface area contributed by atoms with Crippen molar-refractivity contribution in [1.29, 1.82) is 0 Å². The Morgan fingerprint density at radius 2 is 2.00 bits per heavy atom. The molecule has 2 unspecified atom stereocenters. The largest absolute Gasteiger partial charge is 0.375 e. The van der Waals surface area contributed by atoms with Crippen LogP contribution in [0.2, 0.25) is 0 Å². The van der Waals surface area contributed by atoms with Gasteiger partial charge < -0.3 is 4.74 Å². The van der Waals surface area contributed by atoms with Crippen molar-refractivity contribution in [2.24, 2.45) is 5.92 Å². The fraction of sp³-hybridized carbons (Fsp3) is 0.588. The van der Waals surface area contributed by atoms with Gasteiger partial charge in [0.15, 0.2) is 0 Å². The van der Waals surface area contributed by atoms with Crippen LogP contribution in [0.4, 0.5) is 0 Å². The predicted octanol–water partition coefficient (Wildman–Crippen LogP) is 4.86. The fourth-order valence-electron chi connectivity index (χ4n) is 2.62. The number of ether oxygens (including phenoxy) is 1. The number of hydrogen-bond acceptors (Lipinski definition) is 1. The summed E-state index contributed by atoms with van der Waals surface area (Å²) in [5.41, 5.74) is 4.14. The predicted molar refractivity (Wildman–Crippen MR) is 79.4 cm³/mol. The van der Waals surface area contributed by atoms with Crippen LogP contribution in [0.1, 0.15) is 48.0 Å². The van der Waals surface area contributed by atoms with Gasteiger partial charge in [0.25, 0.3) is 0 Å². The summed E-state index contributed by atoms with van der Waals surface area (Å²) in [5.74, 6) is 0.465. The van der Waals surface area contributed by atoms with E-state index >= 15 is 0 Å². The summed E-state index contributed by atoms with van der Waals surface area (Å²) < 4.78 is 6.00. The second-order valence-corrected chi connectivity index (χ2v) is 5.02. The topological polar surface area (TPSA) is 9.23 Å². The summed E-state index contributed by atoms with van der Waals surface area (Å²) in [6, 6.07) is 0. The molecule has 2 atom stereocenters. The summed E-state index contributed by atoms with van der Waals surface area (Å²) >= 11 is 0. The third-order valence-corrected chi connectivity index (χ3v) is 3.91. The molecule has 2 bridgehead atoms. The van der Waals surface area contributed by atoms with Crippen LogP contribution in [0.15, 0.2) is 34.9 Å². The zero-order chi connectivity index (χ0) is 13.8. The van der Waals surface area contributed by atoms with Crippen molar-refractivity contribution < 1.29 is 25.8 Å². The van der Waals surface area contributed by atoms with Crippen LogP contribution in [0, 0.1) is 12.3 Å². The van der Waals surface area contributed by atoms with E-state index in [0.29, 0.717) is 5.92 Å². The van der Waals surface area contributed by atoms with Crippen molar-refractivity contribution in [3.05, 3.63) is 41.4 Å². The standard InChI is InChI=1S/C15H21O.C2H6.W/c1-5-16-15(4)10-14-9-13(12(15)3)8-6-7-11(14)2;1-2;/h6-9,12H,5,10H2,1-4H3;1-2H3;. The van der Waals surface area contributed by atoms with Crippen molar-refractivity contribution in [3.63, 3.8) is 0 Å². The summed E-state index contributed by atoms with van der Waals surface area (Å²) in [5, 5.41) is 0. The van der Waals surface area contributed by atoms with Gasteiger partial charge in [-0.2, -0.15) is 0 Å². The van der Waals surface area contributed by atoms with Crippen molar-refractivity contribution in [2.75, 3.05) is 6.61 Å². The Balaban J connectivity index is 0.00000103. The fourth-order valence-corrected chi connectivity index (χ4v) is 2.62. The number of fused-ring (bicyclic) bond motifs is 1. The third-order valence-electron chi connectivity index (χ3n) is 3.91. The molecule has 0 aromatic heterocycles. The molecule has 0 aromatic rings. The van der Waals surface area contributed by atoms with Crippen LogP contribution >= 0.6 is 0 Å². The van der Waals surface area contributed by atoms with Gasteiger partial charge in [-0.1, -0.05) is 44.6 Å². The molecule has 0 saturated heterocycles. The van der Waals surface area contributed by atoms with Gasteiger partial charge >= 0.3 is 0 Å². The molecule has 2 aliphatic carbocycles. The molecule has 0 N–H and O–H groups in total. The Bertz CT molecular complexity index is 379. The number of hydrogen-bond donors (Lipinski definition) is 0.